The molecule has 0 bridgehead atoms. The van der Waals surface area contributed by atoms with Crippen molar-refractivity contribution in [2.45, 2.75) is 32.7 Å². The van der Waals surface area contributed by atoms with E-state index in [-0.39, 0.29) is 24.3 Å². The summed E-state index contributed by atoms with van der Waals surface area (Å²) < 4.78 is 5.26. The Hall–Kier alpha value is -2.82. The molecule has 0 atom stereocenters. The lowest BCUT2D eigenvalue weighted by Gasteiger charge is -2.10. The first-order valence-electron chi connectivity index (χ1n) is 8.28. The van der Waals surface area contributed by atoms with Gasteiger partial charge in [-0.05, 0) is 37.6 Å². The molecule has 0 aliphatic heterocycles. The number of hydrogen-bond donors (Lipinski definition) is 2. The summed E-state index contributed by atoms with van der Waals surface area (Å²) in [4.78, 5) is 24.0. The minimum absolute atomic E-state index is 0.0111. The molecule has 0 saturated carbocycles. The predicted molar refractivity (Wildman–Crippen MR) is 98.8 cm³/mol. The van der Waals surface area contributed by atoms with E-state index < -0.39 is 0 Å². The van der Waals surface area contributed by atoms with Crippen molar-refractivity contribution in [3.63, 3.8) is 0 Å². The van der Waals surface area contributed by atoms with Crippen molar-refractivity contribution in [3.8, 4) is 5.75 Å². The molecule has 5 heteroatoms. The molecule has 132 valence electrons. The van der Waals surface area contributed by atoms with Gasteiger partial charge in [-0.15, -0.1) is 0 Å². The van der Waals surface area contributed by atoms with Gasteiger partial charge in [0.15, 0.2) is 0 Å². The van der Waals surface area contributed by atoms with Crippen molar-refractivity contribution in [2.24, 2.45) is 0 Å². The summed E-state index contributed by atoms with van der Waals surface area (Å²) in [5, 5.41) is 5.72. The Morgan fingerprint density at radius 1 is 0.960 bits per heavy atom. The minimum atomic E-state index is -0.116. The maximum Gasteiger partial charge on any atom is 0.228 e. The first kappa shape index (κ1) is 18.5. The number of amides is 2. The fourth-order valence-electron chi connectivity index (χ4n) is 2.49. The van der Waals surface area contributed by atoms with Crippen LogP contribution in [0.5, 0.6) is 5.75 Å². The summed E-state index contributed by atoms with van der Waals surface area (Å²) in [6.07, 6.45) is 0.566. The number of rotatable bonds is 7. The molecule has 0 aliphatic carbocycles. The van der Waals surface area contributed by atoms with Gasteiger partial charge in [0.25, 0.3) is 0 Å². The Morgan fingerprint density at radius 2 is 1.64 bits per heavy atom. The van der Waals surface area contributed by atoms with Gasteiger partial charge in [-0.1, -0.05) is 30.3 Å². The van der Waals surface area contributed by atoms with Gasteiger partial charge in [0.05, 0.1) is 20.0 Å². The standard InChI is InChI=1S/C20H24N2O3/c1-14(2)21-19(23)12-15-8-10-17(11-9-15)22-20(24)13-16-6-4-5-7-18(16)25-3/h4-11,14H,12-13H2,1-3H3,(H,21,23)(H,22,24). The van der Waals surface area contributed by atoms with Crippen LogP contribution in [0, 0.1) is 0 Å². The SMILES string of the molecule is COc1ccccc1CC(=O)Nc1ccc(CC(=O)NC(C)C)cc1. The lowest BCUT2D eigenvalue weighted by Crippen LogP contribution is -2.31. The molecule has 2 rings (SSSR count). The fraction of sp³-hybridized carbons (Fsp3) is 0.300. The van der Waals surface area contributed by atoms with E-state index in [0.717, 1.165) is 11.1 Å². The van der Waals surface area contributed by atoms with Crippen molar-refractivity contribution in [3.05, 3.63) is 59.7 Å². The highest BCUT2D eigenvalue weighted by Gasteiger charge is 2.09. The van der Waals surface area contributed by atoms with Crippen LogP contribution in [0.2, 0.25) is 0 Å². The van der Waals surface area contributed by atoms with Crippen LogP contribution >= 0.6 is 0 Å². The van der Waals surface area contributed by atoms with Crippen LogP contribution in [0.15, 0.2) is 48.5 Å². The average molecular weight is 340 g/mol. The van der Waals surface area contributed by atoms with E-state index in [1.807, 2.05) is 50.2 Å². The smallest absolute Gasteiger partial charge is 0.228 e. The Labute approximate surface area is 148 Å². The first-order chi connectivity index (χ1) is 12.0. The summed E-state index contributed by atoms with van der Waals surface area (Å²) in [6, 6.07) is 14.9. The average Bonchev–Trinajstić information content (AvgIpc) is 2.56. The molecular weight excluding hydrogens is 316 g/mol. The van der Waals surface area contributed by atoms with E-state index in [0.29, 0.717) is 17.9 Å². The first-order valence-corrected chi connectivity index (χ1v) is 8.28. The van der Waals surface area contributed by atoms with E-state index in [1.165, 1.54) is 0 Å². The van der Waals surface area contributed by atoms with Gasteiger partial charge in [0.2, 0.25) is 11.8 Å². The third-order valence-electron chi connectivity index (χ3n) is 3.60. The lowest BCUT2D eigenvalue weighted by atomic mass is 10.1. The quantitative estimate of drug-likeness (QED) is 0.814. The molecule has 2 amide bonds. The number of hydrogen-bond acceptors (Lipinski definition) is 3. The molecular formula is C20H24N2O3. The molecule has 0 saturated heterocycles. The normalized spacial score (nSPS) is 10.4. The van der Waals surface area contributed by atoms with Gasteiger partial charge in [0, 0.05) is 17.3 Å². The second-order valence-electron chi connectivity index (χ2n) is 6.13. The third kappa shape index (κ3) is 5.95. The van der Waals surface area contributed by atoms with Crippen molar-refractivity contribution < 1.29 is 14.3 Å². The van der Waals surface area contributed by atoms with E-state index in [9.17, 15) is 9.59 Å². The largest absolute Gasteiger partial charge is 0.496 e. The third-order valence-corrected chi connectivity index (χ3v) is 3.60. The van der Waals surface area contributed by atoms with Crippen LogP contribution in [-0.2, 0) is 22.4 Å². The van der Waals surface area contributed by atoms with E-state index in [2.05, 4.69) is 10.6 Å². The molecule has 0 unspecified atom stereocenters. The molecule has 0 aliphatic rings. The minimum Gasteiger partial charge on any atom is -0.496 e. The summed E-state index contributed by atoms with van der Waals surface area (Å²) >= 11 is 0. The van der Waals surface area contributed by atoms with Crippen LogP contribution in [0.4, 0.5) is 5.69 Å². The van der Waals surface area contributed by atoms with Gasteiger partial charge in [-0.3, -0.25) is 9.59 Å². The summed E-state index contributed by atoms with van der Waals surface area (Å²) in [5.74, 6) is 0.571. The van der Waals surface area contributed by atoms with E-state index in [1.54, 1.807) is 19.2 Å². The van der Waals surface area contributed by atoms with Gasteiger partial charge in [-0.25, -0.2) is 0 Å². The highest BCUT2D eigenvalue weighted by Crippen LogP contribution is 2.18. The molecule has 25 heavy (non-hydrogen) atoms. The number of anilines is 1. The van der Waals surface area contributed by atoms with Crippen LogP contribution in [-0.4, -0.2) is 25.0 Å². The van der Waals surface area contributed by atoms with Crippen LogP contribution in [0.3, 0.4) is 0 Å². The Balaban J connectivity index is 1.92. The van der Waals surface area contributed by atoms with E-state index >= 15 is 0 Å². The predicted octanol–water partition coefficient (Wildman–Crippen LogP) is 2.94. The molecule has 0 heterocycles. The molecule has 0 radical (unpaired) electrons. The number of ether oxygens (including phenoxy) is 1. The summed E-state index contributed by atoms with van der Waals surface area (Å²) in [5.41, 5.74) is 2.44. The maximum absolute atomic E-state index is 12.2. The Kier molecular flexibility index (Phi) is 6.57. The molecule has 0 fully saturated rings. The Morgan fingerprint density at radius 3 is 2.28 bits per heavy atom. The zero-order valence-electron chi connectivity index (χ0n) is 14.8. The topological polar surface area (TPSA) is 67.4 Å². The second kappa shape index (κ2) is 8.87. The number of benzene rings is 2. The molecule has 0 spiro atoms. The van der Waals surface area contributed by atoms with Crippen LogP contribution in [0.1, 0.15) is 25.0 Å². The number of methoxy groups -OCH3 is 1. The number of carbonyl (C=O) groups excluding carboxylic acids is 2. The second-order valence-corrected chi connectivity index (χ2v) is 6.13. The monoisotopic (exact) mass is 340 g/mol. The number of carbonyl (C=O) groups is 2. The molecule has 2 aromatic carbocycles. The zero-order chi connectivity index (χ0) is 18.2. The molecule has 5 nitrogen and oxygen atoms in total. The number of para-hydroxylation sites is 1. The van der Waals surface area contributed by atoms with Crippen molar-refractivity contribution in [2.75, 3.05) is 12.4 Å². The van der Waals surface area contributed by atoms with Crippen LogP contribution < -0.4 is 15.4 Å². The van der Waals surface area contributed by atoms with Gasteiger partial charge >= 0.3 is 0 Å². The lowest BCUT2D eigenvalue weighted by molar-refractivity contribution is -0.121. The molecule has 2 N–H and O–H groups in total. The summed E-state index contributed by atoms with van der Waals surface area (Å²) in [7, 11) is 1.59. The van der Waals surface area contributed by atoms with Gasteiger partial charge < -0.3 is 15.4 Å². The molecule has 0 aromatic heterocycles. The van der Waals surface area contributed by atoms with Crippen molar-refractivity contribution in [1.29, 1.82) is 0 Å². The van der Waals surface area contributed by atoms with Crippen molar-refractivity contribution in [1.82, 2.24) is 5.32 Å². The fourth-order valence-corrected chi connectivity index (χ4v) is 2.49. The number of nitrogens with one attached hydrogen (secondary N) is 2. The Bertz CT molecular complexity index is 724. The maximum atomic E-state index is 12.2. The van der Waals surface area contributed by atoms with Gasteiger partial charge in [0.1, 0.15) is 5.75 Å². The zero-order valence-corrected chi connectivity index (χ0v) is 14.8. The van der Waals surface area contributed by atoms with Crippen LogP contribution in [0.25, 0.3) is 0 Å². The van der Waals surface area contributed by atoms with E-state index in [4.69, 9.17) is 4.74 Å². The van der Waals surface area contributed by atoms with Gasteiger partial charge in [-0.2, -0.15) is 0 Å². The summed E-state index contributed by atoms with van der Waals surface area (Å²) in [6.45, 7) is 3.86. The highest BCUT2D eigenvalue weighted by molar-refractivity contribution is 5.92. The highest BCUT2D eigenvalue weighted by atomic mass is 16.5. The van der Waals surface area contributed by atoms with Crippen molar-refractivity contribution >= 4 is 17.5 Å². The molecule has 2 aromatic rings.